The number of rotatable bonds is 4. The van der Waals surface area contributed by atoms with Crippen LogP contribution in [0.1, 0.15) is 24.2 Å². The van der Waals surface area contributed by atoms with Crippen LogP contribution in [0.5, 0.6) is 0 Å². The molecule has 0 fully saturated rings. The average Bonchev–Trinajstić information content (AvgIpc) is 3.45. The van der Waals surface area contributed by atoms with Crippen molar-refractivity contribution in [2.75, 3.05) is 0 Å². The minimum atomic E-state index is -0.254. The number of H-pyrrole nitrogens is 2. The van der Waals surface area contributed by atoms with Gasteiger partial charge in [0.25, 0.3) is 0 Å². The summed E-state index contributed by atoms with van der Waals surface area (Å²) < 4.78 is 15.4. The second-order valence-electron chi connectivity index (χ2n) is 7.00. The first-order chi connectivity index (χ1) is 14.1. The number of nitrogens with one attached hydrogen (secondary N) is 2. The Morgan fingerprint density at radius 2 is 2.03 bits per heavy atom. The van der Waals surface area contributed by atoms with Crippen molar-refractivity contribution >= 4 is 11.2 Å². The number of hydrogen-bond donors (Lipinski definition) is 2. The van der Waals surface area contributed by atoms with Gasteiger partial charge in [-0.2, -0.15) is 10.2 Å². The number of aromatic amines is 2. The minimum absolute atomic E-state index is 0.0973. The summed E-state index contributed by atoms with van der Waals surface area (Å²) in [6.07, 6.45) is 9.09. The summed E-state index contributed by atoms with van der Waals surface area (Å²) in [5.74, 6) is -0.254. The van der Waals surface area contributed by atoms with Crippen LogP contribution < -0.4 is 0 Å². The maximum Gasteiger partial charge on any atom is 0.156 e. The molecule has 0 bridgehead atoms. The molecule has 2 N–H and O–H groups in total. The Morgan fingerprint density at radius 3 is 2.83 bits per heavy atom. The Bertz CT molecular complexity index is 1310. The quantitative estimate of drug-likeness (QED) is 0.482. The molecule has 0 spiro atoms. The van der Waals surface area contributed by atoms with Gasteiger partial charge in [-0.25, -0.2) is 14.4 Å². The second-order valence-corrected chi connectivity index (χ2v) is 7.00. The zero-order chi connectivity index (χ0) is 20.0. The molecule has 0 amide bonds. The number of aromatic nitrogens is 7. The highest BCUT2D eigenvalue weighted by atomic mass is 19.1. The number of halogens is 1. The van der Waals surface area contributed by atoms with Crippen LogP contribution in [-0.2, 0) is 0 Å². The summed E-state index contributed by atoms with van der Waals surface area (Å²) in [4.78, 5) is 12.5. The van der Waals surface area contributed by atoms with Gasteiger partial charge in [0.05, 0.1) is 30.3 Å². The fourth-order valence-corrected chi connectivity index (χ4v) is 3.46. The van der Waals surface area contributed by atoms with E-state index in [1.54, 1.807) is 24.7 Å². The van der Waals surface area contributed by atoms with Gasteiger partial charge in [0.2, 0.25) is 0 Å². The van der Waals surface area contributed by atoms with Crippen LogP contribution in [0.15, 0.2) is 55.2 Å². The highest BCUT2D eigenvalue weighted by molar-refractivity contribution is 5.91. The molecular weight excluding hydrogens is 369 g/mol. The van der Waals surface area contributed by atoms with Crippen LogP contribution in [0, 0.1) is 12.7 Å². The largest absolute Gasteiger partial charge is 0.344 e. The maximum atomic E-state index is 13.6. The van der Waals surface area contributed by atoms with E-state index in [2.05, 4.69) is 25.3 Å². The number of fused-ring (bicyclic) bond motifs is 1. The molecule has 29 heavy (non-hydrogen) atoms. The number of nitrogens with zero attached hydrogens (tertiary/aromatic N) is 5. The van der Waals surface area contributed by atoms with Gasteiger partial charge in [0.1, 0.15) is 11.3 Å². The predicted molar refractivity (Wildman–Crippen MR) is 108 cm³/mol. The van der Waals surface area contributed by atoms with Crippen molar-refractivity contribution in [1.29, 1.82) is 0 Å². The van der Waals surface area contributed by atoms with Gasteiger partial charge in [0.15, 0.2) is 5.65 Å². The Labute approximate surface area is 165 Å². The molecule has 0 radical (unpaired) electrons. The Hall–Kier alpha value is -3.81. The van der Waals surface area contributed by atoms with Gasteiger partial charge in [0, 0.05) is 34.8 Å². The van der Waals surface area contributed by atoms with Gasteiger partial charge < -0.3 is 4.98 Å². The van der Waals surface area contributed by atoms with E-state index in [-0.39, 0.29) is 11.9 Å². The molecule has 4 aromatic heterocycles. The summed E-state index contributed by atoms with van der Waals surface area (Å²) in [5.41, 5.74) is 6.76. The molecule has 4 heterocycles. The first kappa shape index (κ1) is 17.3. The third kappa shape index (κ3) is 2.98. The lowest BCUT2D eigenvalue weighted by Gasteiger charge is -2.12. The number of hydrogen-bond acceptors (Lipinski definition) is 4. The van der Waals surface area contributed by atoms with Crippen molar-refractivity contribution < 1.29 is 4.39 Å². The monoisotopic (exact) mass is 387 g/mol. The Balaban J connectivity index is 1.54. The molecule has 0 saturated carbocycles. The van der Waals surface area contributed by atoms with E-state index in [0.29, 0.717) is 5.65 Å². The molecule has 7 nitrogen and oxygen atoms in total. The van der Waals surface area contributed by atoms with E-state index < -0.39 is 0 Å². The van der Waals surface area contributed by atoms with Crippen molar-refractivity contribution in [2.45, 2.75) is 19.9 Å². The lowest BCUT2D eigenvalue weighted by molar-refractivity contribution is 0.556. The van der Waals surface area contributed by atoms with Crippen molar-refractivity contribution in [2.24, 2.45) is 0 Å². The molecule has 0 aliphatic carbocycles. The normalized spacial score (nSPS) is 12.5. The van der Waals surface area contributed by atoms with E-state index in [1.165, 1.54) is 12.1 Å². The van der Waals surface area contributed by atoms with Gasteiger partial charge in [-0.15, -0.1) is 0 Å². The third-order valence-electron chi connectivity index (χ3n) is 5.13. The zero-order valence-electron chi connectivity index (χ0n) is 15.9. The average molecular weight is 387 g/mol. The minimum Gasteiger partial charge on any atom is -0.344 e. The van der Waals surface area contributed by atoms with Gasteiger partial charge in [-0.1, -0.05) is 12.1 Å². The summed E-state index contributed by atoms with van der Waals surface area (Å²) >= 11 is 0. The smallest absolute Gasteiger partial charge is 0.156 e. The Morgan fingerprint density at radius 1 is 1.14 bits per heavy atom. The van der Waals surface area contributed by atoms with E-state index in [1.807, 2.05) is 37.0 Å². The molecule has 1 unspecified atom stereocenters. The summed E-state index contributed by atoms with van der Waals surface area (Å²) in [6.45, 7) is 3.93. The topological polar surface area (TPSA) is 88.1 Å². The molecule has 5 rings (SSSR count). The second kappa shape index (κ2) is 6.66. The van der Waals surface area contributed by atoms with E-state index in [9.17, 15) is 4.39 Å². The number of aryl methyl sites for hydroxylation is 1. The number of benzene rings is 1. The van der Waals surface area contributed by atoms with E-state index >= 15 is 0 Å². The van der Waals surface area contributed by atoms with Gasteiger partial charge in [-0.05, 0) is 31.5 Å². The zero-order valence-corrected chi connectivity index (χ0v) is 15.9. The first-order valence-corrected chi connectivity index (χ1v) is 9.24. The van der Waals surface area contributed by atoms with E-state index in [0.717, 1.165) is 39.2 Å². The fraction of sp³-hybridized carbons (Fsp3) is 0.143. The Kier molecular flexibility index (Phi) is 3.97. The van der Waals surface area contributed by atoms with Crippen molar-refractivity contribution in [3.8, 4) is 22.4 Å². The molecule has 1 aromatic carbocycles. The van der Waals surface area contributed by atoms with Crippen LogP contribution in [0.4, 0.5) is 4.39 Å². The van der Waals surface area contributed by atoms with Crippen LogP contribution >= 0.6 is 0 Å². The molecule has 1 atom stereocenters. The van der Waals surface area contributed by atoms with Crippen LogP contribution in [0.25, 0.3) is 33.5 Å². The molecular formula is C21H18FN7. The summed E-state index contributed by atoms with van der Waals surface area (Å²) in [6, 6.07) is 6.48. The molecule has 5 aromatic rings. The lowest BCUT2D eigenvalue weighted by Crippen LogP contribution is -2.07. The SMILES string of the molecule is Cc1[nH]ncc1-c1cnc2[nH]cc(-c3cnn(C(C)c4cccc(F)c4)c3)c2n1. The third-order valence-corrected chi connectivity index (χ3v) is 5.13. The first-order valence-electron chi connectivity index (χ1n) is 9.24. The van der Waals surface area contributed by atoms with Gasteiger partial charge >= 0.3 is 0 Å². The molecule has 0 saturated heterocycles. The molecule has 0 aliphatic rings. The summed E-state index contributed by atoms with van der Waals surface area (Å²) in [7, 11) is 0. The van der Waals surface area contributed by atoms with E-state index in [4.69, 9.17) is 4.98 Å². The lowest BCUT2D eigenvalue weighted by atomic mass is 10.1. The standard InChI is InChI=1S/C21H18FN7/c1-12-17(9-25-28-12)19-10-24-21-20(27-19)18(8-23-21)15-7-26-29(11-15)13(2)14-4-3-5-16(22)6-14/h3-11,13H,1-2H3,(H,23,24)(H,25,28). The summed E-state index contributed by atoms with van der Waals surface area (Å²) in [5, 5.41) is 11.5. The maximum absolute atomic E-state index is 13.6. The molecule has 144 valence electrons. The van der Waals surface area contributed by atoms with Crippen LogP contribution in [-0.4, -0.2) is 34.9 Å². The molecule has 0 aliphatic heterocycles. The predicted octanol–water partition coefficient (Wildman–Crippen LogP) is 4.27. The van der Waals surface area contributed by atoms with Crippen molar-refractivity contribution in [3.63, 3.8) is 0 Å². The van der Waals surface area contributed by atoms with Gasteiger partial charge in [-0.3, -0.25) is 9.78 Å². The van der Waals surface area contributed by atoms with Crippen LogP contribution in [0.2, 0.25) is 0 Å². The fourth-order valence-electron chi connectivity index (χ4n) is 3.46. The highest BCUT2D eigenvalue weighted by Crippen LogP contribution is 2.30. The van der Waals surface area contributed by atoms with Crippen LogP contribution in [0.3, 0.4) is 0 Å². The van der Waals surface area contributed by atoms with Crippen molar-refractivity contribution in [3.05, 3.63) is 72.3 Å². The van der Waals surface area contributed by atoms with Crippen molar-refractivity contribution in [1.82, 2.24) is 34.9 Å². The highest BCUT2D eigenvalue weighted by Gasteiger charge is 2.16. The molecule has 8 heteroatoms.